The average Bonchev–Trinajstić information content (AvgIpc) is 2.77. The van der Waals surface area contributed by atoms with Crippen molar-refractivity contribution in [3.05, 3.63) is 17.0 Å². The largest absolute Gasteiger partial charge is 0.364 e. The van der Waals surface area contributed by atoms with Crippen molar-refractivity contribution < 1.29 is 4.79 Å². The summed E-state index contributed by atoms with van der Waals surface area (Å²) in [6.07, 6.45) is 2.30. The van der Waals surface area contributed by atoms with E-state index in [2.05, 4.69) is 5.10 Å². The molecule has 2 aliphatic rings. The van der Waals surface area contributed by atoms with Crippen LogP contribution in [0.1, 0.15) is 47.9 Å². The van der Waals surface area contributed by atoms with Gasteiger partial charge in [0.2, 0.25) is 0 Å². The second kappa shape index (κ2) is 3.36. The number of nitrogens with zero attached hydrogens (tertiary/aromatic N) is 2. The maximum atomic E-state index is 11.1. The Morgan fingerprint density at radius 1 is 1.53 bits per heavy atom. The molecular weight excluding hydrogens is 190 g/mol. The van der Waals surface area contributed by atoms with Gasteiger partial charge in [-0.15, -0.1) is 0 Å². The van der Waals surface area contributed by atoms with Gasteiger partial charge in [-0.05, 0) is 24.7 Å². The van der Waals surface area contributed by atoms with Crippen LogP contribution in [0.3, 0.4) is 0 Å². The lowest BCUT2D eigenvalue weighted by molar-refractivity contribution is 0.0994. The summed E-state index contributed by atoms with van der Waals surface area (Å²) in [5, 5.41) is 4.15. The molecule has 0 radical (unpaired) electrons. The Hall–Kier alpha value is -1.32. The van der Waals surface area contributed by atoms with Gasteiger partial charge in [0.25, 0.3) is 5.91 Å². The van der Waals surface area contributed by atoms with Crippen LogP contribution in [0.4, 0.5) is 0 Å². The highest BCUT2D eigenvalue weighted by atomic mass is 16.1. The van der Waals surface area contributed by atoms with E-state index in [1.165, 1.54) is 12.1 Å². The minimum absolute atomic E-state index is 0.385. The summed E-state index contributed by atoms with van der Waals surface area (Å²) in [5.74, 6) is 0.980. The van der Waals surface area contributed by atoms with Crippen LogP contribution in [0.5, 0.6) is 0 Å². The molecule has 2 aliphatic carbocycles. The van der Waals surface area contributed by atoms with Crippen molar-refractivity contribution in [2.45, 2.75) is 32.6 Å². The molecule has 15 heavy (non-hydrogen) atoms. The second-order valence-corrected chi connectivity index (χ2v) is 4.00. The quantitative estimate of drug-likeness (QED) is 0.752. The predicted molar refractivity (Wildman–Crippen MR) is 57.6 cm³/mol. The molecule has 1 aromatic heterocycles. The summed E-state index contributed by atoms with van der Waals surface area (Å²) in [4.78, 5) is 11.1. The van der Waals surface area contributed by atoms with Gasteiger partial charge < -0.3 is 5.73 Å². The van der Waals surface area contributed by atoms with Crippen LogP contribution < -0.4 is 5.73 Å². The van der Waals surface area contributed by atoms with E-state index in [9.17, 15) is 4.79 Å². The van der Waals surface area contributed by atoms with Crippen LogP contribution in [-0.4, -0.2) is 15.7 Å². The highest BCUT2D eigenvalue weighted by Crippen LogP contribution is 2.56. The van der Waals surface area contributed by atoms with E-state index in [0.717, 1.165) is 17.9 Å². The number of hydrogen-bond acceptors (Lipinski definition) is 2. The fourth-order valence-electron chi connectivity index (χ4n) is 2.46. The number of carbonyl (C=O) groups is 1. The van der Waals surface area contributed by atoms with Crippen LogP contribution in [0.2, 0.25) is 0 Å². The molecule has 0 bridgehead atoms. The Kier molecular flexibility index (Phi) is 2.29. The molecule has 2 N–H and O–H groups in total. The van der Waals surface area contributed by atoms with Gasteiger partial charge >= 0.3 is 0 Å². The molecule has 1 amide bonds. The monoisotopic (exact) mass is 207 g/mol. The summed E-state index contributed by atoms with van der Waals surface area (Å²) >= 11 is 0. The fraction of sp³-hybridized carbons (Fsp3) is 0.636. The van der Waals surface area contributed by atoms with Gasteiger partial charge in [-0.3, -0.25) is 9.48 Å². The molecule has 0 aromatic carbocycles. The Morgan fingerprint density at radius 2 is 2.20 bits per heavy atom. The summed E-state index contributed by atoms with van der Waals surface area (Å²) in [5.41, 5.74) is 8.12. The molecule has 1 saturated carbocycles. The lowest BCUT2D eigenvalue weighted by Crippen LogP contribution is -2.14. The first kappa shape index (κ1) is 10.2. The van der Waals surface area contributed by atoms with Crippen LogP contribution in [0.25, 0.3) is 0 Å². The van der Waals surface area contributed by atoms with Crippen molar-refractivity contribution in [2.75, 3.05) is 0 Å². The number of carbonyl (C=O) groups excluding carboxylic acids is 1. The molecular formula is C11H17N3O. The van der Waals surface area contributed by atoms with Gasteiger partial charge in [0.1, 0.15) is 0 Å². The normalized spacial score (nSPS) is 25.0. The zero-order valence-electron chi connectivity index (χ0n) is 9.45. The lowest BCUT2D eigenvalue weighted by atomic mass is 10.1. The van der Waals surface area contributed by atoms with Gasteiger partial charge in [0, 0.05) is 18.3 Å². The van der Waals surface area contributed by atoms with Crippen LogP contribution in [-0.2, 0) is 13.5 Å². The summed E-state index contributed by atoms with van der Waals surface area (Å²) in [6, 6.07) is 0. The van der Waals surface area contributed by atoms with Crippen molar-refractivity contribution >= 4 is 5.91 Å². The highest BCUT2D eigenvalue weighted by molar-refractivity contribution is 5.93. The molecule has 0 aliphatic heterocycles. The van der Waals surface area contributed by atoms with E-state index in [0.29, 0.717) is 11.6 Å². The first-order valence-corrected chi connectivity index (χ1v) is 5.54. The van der Waals surface area contributed by atoms with Crippen molar-refractivity contribution in [3.8, 4) is 0 Å². The molecule has 82 valence electrons. The number of primary amides is 1. The molecule has 4 nitrogen and oxygen atoms in total. The molecule has 2 atom stereocenters. The SMILES string of the molecule is CC.Cn1nc(C(N)=O)c2c1CC1CC21. The summed E-state index contributed by atoms with van der Waals surface area (Å²) in [6.45, 7) is 4.00. The standard InChI is InChI=1S/C9H11N3O.C2H6/c1-12-6-3-4-2-5(4)7(6)8(11-12)9(10)13;1-2/h4-5H,2-3H2,1H3,(H2,10,13);1-2H3. The highest BCUT2D eigenvalue weighted by Gasteiger charge is 2.49. The number of amides is 1. The molecule has 1 aromatic rings. The minimum Gasteiger partial charge on any atom is -0.364 e. The van der Waals surface area contributed by atoms with Gasteiger partial charge in [-0.2, -0.15) is 5.10 Å². The number of fused-ring (bicyclic) bond motifs is 3. The van der Waals surface area contributed by atoms with E-state index in [-0.39, 0.29) is 5.91 Å². The molecule has 4 heteroatoms. The van der Waals surface area contributed by atoms with Crippen molar-refractivity contribution in [1.82, 2.24) is 9.78 Å². The van der Waals surface area contributed by atoms with E-state index >= 15 is 0 Å². The fourth-order valence-corrected chi connectivity index (χ4v) is 2.46. The molecule has 2 unspecified atom stereocenters. The van der Waals surface area contributed by atoms with Gasteiger partial charge in [0.05, 0.1) is 0 Å². The van der Waals surface area contributed by atoms with Crippen molar-refractivity contribution in [3.63, 3.8) is 0 Å². The zero-order valence-corrected chi connectivity index (χ0v) is 9.45. The van der Waals surface area contributed by atoms with Gasteiger partial charge in [-0.25, -0.2) is 0 Å². The number of nitrogens with two attached hydrogens (primary N) is 1. The number of aryl methyl sites for hydroxylation is 1. The molecule has 0 saturated heterocycles. The summed E-state index contributed by atoms with van der Waals surface area (Å²) in [7, 11) is 1.88. The maximum absolute atomic E-state index is 11.1. The van der Waals surface area contributed by atoms with E-state index < -0.39 is 0 Å². The number of aromatic nitrogens is 2. The summed E-state index contributed by atoms with van der Waals surface area (Å²) < 4.78 is 1.81. The lowest BCUT2D eigenvalue weighted by Gasteiger charge is -1.96. The van der Waals surface area contributed by atoms with Crippen LogP contribution in [0.15, 0.2) is 0 Å². The molecule has 3 rings (SSSR count). The molecule has 1 fully saturated rings. The van der Waals surface area contributed by atoms with E-state index in [1.54, 1.807) is 0 Å². The Balaban J connectivity index is 0.000000404. The van der Waals surface area contributed by atoms with Crippen LogP contribution >= 0.6 is 0 Å². The predicted octanol–water partition coefficient (Wildman–Crippen LogP) is 1.20. The van der Waals surface area contributed by atoms with Gasteiger partial charge in [0.15, 0.2) is 5.69 Å². The smallest absolute Gasteiger partial charge is 0.269 e. The first-order valence-electron chi connectivity index (χ1n) is 5.54. The second-order valence-electron chi connectivity index (χ2n) is 4.00. The zero-order chi connectivity index (χ0) is 11.2. The third-order valence-electron chi connectivity index (χ3n) is 3.19. The van der Waals surface area contributed by atoms with Crippen molar-refractivity contribution in [2.24, 2.45) is 18.7 Å². The average molecular weight is 207 g/mol. The first-order chi connectivity index (χ1) is 7.18. The third kappa shape index (κ3) is 1.35. The number of hydrogen-bond donors (Lipinski definition) is 1. The molecule has 1 heterocycles. The van der Waals surface area contributed by atoms with Crippen molar-refractivity contribution in [1.29, 1.82) is 0 Å². The topological polar surface area (TPSA) is 60.9 Å². The minimum atomic E-state index is -0.385. The number of rotatable bonds is 1. The van der Waals surface area contributed by atoms with E-state index in [4.69, 9.17) is 5.73 Å². The van der Waals surface area contributed by atoms with Crippen LogP contribution in [0, 0.1) is 5.92 Å². The Labute approximate surface area is 89.5 Å². The van der Waals surface area contributed by atoms with Gasteiger partial charge in [-0.1, -0.05) is 13.8 Å². The Morgan fingerprint density at radius 3 is 2.80 bits per heavy atom. The maximum Gasteiger partial charge on any atom is 0.269 e. The van der Waals surface area contributed by atoms with E-state index in [1.807, 2.05) is 25.6 Å². The molecule has 0 spiro atoms. The third-order valence-corrected chi connectivity index (χ3v) is 3.19. The Bertz CT molecular complexity index is 408.